The van der Waals surface area contributed by atoms with E-state index in [0.29, 0.717) is 0 Å². The summed E-state index contributed by atoms with van der Waals surface area (Å²) in [5.41, 5.74) is 17.5. The van der Waals surface area contributed by atoms with Crippen molar-refractivity contribution < 1.29 is 0 Å². The molecule has 0 saturated heterocycles. The summed E-state index contributed by atoms with van der Waals surface area (Å²) in [5.74, 6) is 0. The molecule has 0 aromatic heterocycles. The Bertz CT molecular complexity index is 3240. The van der Waals surface area contributed by atoms with Gasteiger partial charge in [0.1, 0.15) is 0 Å². The zero-order chi connectivity index (χ0) is 42.0. The molecular weight excluding hydrogens is 759 g/mol. The fourth-order valence-electron chi connectivity index (χ4n) is 9.07. The molecule has 63 heavy (non-hydrogen) atoms. The number of benzene rings is 11. The van der Waals surface area contributed by atoms with Gasteiger partial charge in [0.25, 0.3) is 0 Å². The number of nitrogens with zero attached hydrogens (tertiary/aromatic N) is 1. The van der Waals surface area contributed by atoms with Crippen molar-refractivity contribution in [2.45, 2.75) is 0 Å². The van der Waals surface area contributed by atoms with Gasteiger partial charge in [-0.15, -0.1) is 0 Å². The molecule has 11 aromatic rings. The van der Waals surface area contributed by atoms with Crippen LogP contribution in [0.5, 0.6) is 0 Å². The van der Waals surface area contributed by atoms with Crippen LogP contribution in [0.15, 0.2) is 261 Å². The average molecular weight is 802 g/mol. The van der Waals surface area contributed by atoms with E-state index < -0.39 is 0 Å². The van der Waals surface area contributed by atoms with Gasteiger partial charge in [0, 0.05) is 16.9 Å². The van der Waals surface area contributed by atoms with Crippen molar-refractivity contribution in [2.24, 2.45) is 0 Å². The molecule has 0 atom stereocenters. The second-order valence-corrected chi connectivity index (χ2v) is 16.1. The third-order valence-corrected chi connectivity index (χ3v) is 12.3. The van der Waals surface area contributed by atoms with Gasteiger partial charge in [0.2, 0.25) is 0 Å². The van der Waals surface area contributed by atoms with E-state index in [-0.39, 0.29) is 0 Å². The normalized spacial score (nSPS) is 11.2. The van der Waals surface area contributed by atoms with E-state index in [9.17, 15) is 0 Å². The van der Waals surface area contributed by atoms with Gasteiger partial charge in [-0.3, -0.25) is 0 Å². The van der Waals surface area contributed by atoms with Crippen LogP contribution in [0.2, 0.25) is 0 Å². The fourth-order valence-corrected chi connectivity index (χ4v) is 9.07. The van der Waals surface area contributed by atoms with E-state index in [1.807, 2.05) is 0 Å². The van der Waals surface area contributed by atoms with Gasteiger partial charge in [-0.05, 0) is 131 Å². The highest BCUT2D eigenvalue weighted by atomic mass is 15.1. The van der Waals surface area contributed by atoms with Crippen LogP contribution in [0.3, 0.4) is 0 Å². The van der Waals surface area contributed by atoms with Crippen molar-refractivity contribution in [1.82, 2.24) is 0 Å². The maximum atomic E-state index is 2.42. The topological polar surface area (TPSA) is 3.24 Å². The van der Waals surface area contributed by atoms with Crippen molar-refractivity contribution >= 4 is 38.6 Å². The van der Waals surface area contributed by atoms with Crippen molar-refractivity contribution in [1.29, 1.82) is 0 Å². The van der Waals surface area contributed by atoms with E-state index in [0.717, 1.165) is 22.6 Å². The minimum Gasteiger partial charge on any atom is -0.310 e. The van der Waals surface area contributed by atoms with Gasteiger partial charge >= 0.3 is 0 Å². The first-order valence-corrected chi connectivity index (χ1v) is 21.7. The number of anilines is 3. The fraction of sp³-hybridized carbons (Fsp3) is 0. The molecule has 1 heteroatoms. The molecule has 11 aromatic carbocycles. The summed E-state index contributed by atoms with van der Waals surface area (Å²) in [5, 5.41) is 4.97. The van der Waals surface area contributed by atoms with E-state index >= 15 is 0 Å². The second-order valence-electron chi connectivity index (χ2n) is 16.1. The Kier molecular flexibility index (Phi) is 9.97. The Morgan fingerprint density at radius 2 is 0.571 bits per heavy atom. The van der Waals surface area contributed by atoms with E-state index in [1.165, 1.54) is 82.7 Å². The van der Waals surface area contributed by atoms with Crippen LogP contribution >= 0.6 is 0 Å². The molecule has 0 fully saturated rings. The molecule has 0 spiro atoms. The predicted octanol–water partition coefficient (Wildman–Crippen LogP) is 17.5. The molecule has 0 aliphatic heterocycles. The molecular formula is C62H43N. The summed E-state index contributed by atoms with van der Waals surface area (Å²) >= 11 is 0. The van der Waals surface area contributed by atoms with Gasteiger partial charge in [-0.25, -0.2) is 0 Å². The Morgan fingerprint density at radius 3 is 1.14 bits per heavy atom. The largest absolute Gasteiger partial charge is 0.310 e. The maximum absolute atomic E-state index is 2.42. The van der Waals surface area contributed by atoms with Crippen molar-refractivity contribution in [3.05, 3.63) is 261 Å². The first-order chi connectivity index (χ1) is 31.2. The minimum absolute atomic E-state index is 1.08. The van der Waals surface area contributed by atoms with E-state index in [1.54, 1.807) is 0 Å². The lowest BCUT2D eigenvalue weighted by molar-refractivity contribution is 1.28. The first-order valence-electron chi connectivity index (χ1n) is 21.7. The van der Waals surface area contributed by atoms with E-state index in [4.69, 9.17) is 0 Å². The molecule has 0 aliphatic carbocycles. The number of rotatable bonds is 9. The Morgan fingerprint density at radius 1 is 0.190 bits per heavy atom. The molecule has 0 radical (unpaired) electrons. The lowest BCUT2D eigenvalue weighted by Crippen LogP contribution is -2.11. The Balaban J connectivity index is 1.08. The molecule has 1 nitrogen and oxygen atoms in total. The summed E-state index contributed by atoms with van der Waals surface area (Å²) in [7, 11) is 0. The molecule has 0 bridgehead atoms. The summed E-state index contributed by atoms with van der Waals surface area (Å²) < 4.78 is 0. The molecule has 296 valence electrons. The molecule has 0 saturated carbocycles. The number of hydrogen-bond donors (Lipinski definition) is 0. The third kappa shape index (κ3) is 7.47. The molecule has 0 N–H and O–H groups in total. The molecule has 0 amide bonds. The summed E-state index contributed by atoms with van der Waals surface area (Å²) in [6.45, 7) is 0. The van der Waals surface area contributed by atoms with Crippen LogP contribution in [-0.4, -0.2) is 0 Å². The van der Waals surface area contributed by atoms with Crippen LogP contribution in [0.1, 0.15) is 0 Å². The minimum atomic E-state index is 1.08. The van der Waals surface area contributed by atoms with Crippen molar-refractivity contribution in [3.63, 3.8) is 0 Å². The molecule has 11 rings (SSSR count). The molecule has 0 unspecified atom stereocenters. The van der Waals surface area contributed by atoms with Crippen molar-refractivity contribution in [2.75, 3.05) is 4.90 Å². The predicted molar refractivity (Wildman–Crippen MR) is 269 cm³/mol. The second kappa shape index (κ2) is 16.7. The van der Waals surface area contributed by atoms with Crippen LogP contribution in [-0.2, 0) is 0 Å². The monoisotopic (exact) mass is 801 g/mol. The van der Waals surface area contributed by atoms with Gasteiger partial charge in [0.05, 0.1) is 5.69 Å². The Labute approximate surface area is 369 Å². The summed E-state index contributed by atoms with van der Waals surface area (Å²) in [6.07, 6.45) is 0. The highest BCUT2D eigenvalue weighted by Crippen LogP contribution is 2.47. The van der Waals surface area contributed by atoms with Crippen LogP contribution < -0.4 is 4.90 Å². The van der Waals surface area contributed by atoms with Gasteiger partial charge in [-0.1, -0.05) is 212 Å². The highest BCUT2D eigenvalue weighted by molar-refractivity contribution is 5.99. The summed E-state index contributed by atoms with van der Waals surface area (Å²) in [4.78, 5) is 2.42. The number of fused-ring (bicyclic) bond motifs is 2. The molecule has 0 aliphatic rings. The average Bonchev–Trinajstić information content (AvgIpc) is 3.37. The zero-order valence-electron chi connectivity index (χ0n) is 34.8. The van der Waals surface area contributed by atoms with Crippen LogP contribution in [0, 0.1) is 0 Å². The maximum Gasteiger partial charge on any atom is 0.0540 e. The summed E-state index contributed by atoms with van der Waals surface area (Å²) in [6, 6.07) is 94.8. The number of hydrogen-bond acceptors (Lipinski definition) is 1. The highest BCUT2D eigenvalue weighted by Gasteiger charge is 2.21. The van der Waals surface area contributed by atoms with Crippen LogP contribution in [0.25, 0.3) is 88.3 Å². The van der Waals surface area contributed by atoms with Crippen molar-refractivity contribution in [3.8, 4) is 66.8 Å². The quantitative estimate of drug-likeness (QED) is 0.141. The lowest BCUT2D eigenvalue weighted by Gasteiger charge is -2.29. The standard InChI is InChI=1S/C62H43N/c1-3-15-44(16-4-1)54-35-40-59(61(43-54)58-24-12-11-23-57(58)49-19-5-2-6-20-49)60-25-13-14-26-62(60)63(55-36-31-47(32-37-55)52-29-27-45-17-7-9-21-50(45)41-52)56-38-33-48(34-39-56)53-30-28-46-18-8-10-22-51(46)42-53/h1-43H. The van der Waals surface area contributed by atoms with Gasteiger partial charge in [0.15, 0.2) is 0 Å². The third-order valence-electron chi connectivity index (χ3n) is 12.3. The SMILES string of the molecule is c1ccc(-c2ccc(-c3ccccc3N(c3ccc(-c4ccc5ccccc5c4)cc3)c3ccc(-c4ccc5ccccc5c4)cc3)c(-c3ccccc3-c3ccccc3)c2)cc1. The zero-order valence-corrected chi connectivity index (χ0v) is 34.8. The lowest BCUT2D eigenvalue weighted by atomic mass is 9.86. The smallest absolute Gasteiger partial charge is 0.0540 e. The molecule has 0 heterocycles. The number of para-hydroxylation sites is 1. The Hall–Kier alpha value is -8.26. The first kappa shape index (κ1) is 37.7. The van der Waals surface area contributed by atoms with Gasteiger partial charge in [-0.2, -0.15) is 0 Å². The van der Waals surface area contributed by atoms with E-state index in [2.05, 4.69) is 266 Å². The van der Waals surface area contributed by atoms with Gasteiger partial charge < -0.3 is 4.90 Å². The van der Waals surface area contributed by atoms with Crippen LogP contribution in [0.4, 0.5) is 17.1 Å².